The van der Waals surface area contributed by atoms with Crippen LogP contribution in [0.4, 0.5) is 5.69 Å². The molecule has 0 radical (unpaired) electrons. The molecule has 2 aliphatic heterocycles. The number of piperidine rings is 1. The lowest BCUT2D eigenvalue weighted by Crippen LogP contribution is -2.51. The third kappa shape index (κ3) is 2.90. The zero-order chi connectivity index (χ0) is 15.7. The van der Waals surface area contributed by atoms with Crippen molar-refractivity contribution in [3.05, 3.63) is 29.8 Å². The van der Waals surface area contributed by atoms with Crippen LogP contribution < -0.4 is 10.6 Å². The highest BCUT2D eigenvalue weighted by atomic mass is 16.2. The standard InChI is InChI=1S/C18H27N3O/c1-13-7-8-20(16(9-13)11-19)12-18(22)21-14(2)10-15-5-3-4-6-17(15)21/h3-6,13-14,16H,7-12,19H2,1-2H3. The lowest BCUT2D eigenvalue weighted by Gasteiger charge is -2.38. The molecule has 1 saturated heterocycles. The fourth-order valence-corrected chi connectivity index (χ4v) is 3.95. The van der Waals surface area contributed by atoms with E-state index in [0.717, 1.165) is 31.5 Å². The van der Waals surface area contributed by atoms with Crippen LogP contribution in [0.3, 0.4) is 0 Å². The number of amides is 1. The van der Waals surface area contributed by atoms with Crippen LogP contribution in [0, 0.1) is 5.92 Å². The third-order valence-corrected chi connectivity index (χ3v) is 5.19. The Bertz CT molecular complexity index is 545. The van der Waals surface area contributed by atoms with Crippen LogP contribution in [0.15, 0.2) is 24.3 Å². The van der Waals surface area contributed by atoms with E-state index in [1.165, 1.54) is 5.56 Å². The molecule has 3 rings (SSSR count). The molecular weight excluding hydrogens is 274 g/mol. The number of nitrogens with two attached hydrogens (primary N) is 1. The van der Waals surface area contributed by atoms with Crippen LogP contribution in [-0.2, 0) is 11.2 Å². The van der Waals surface area contributed by atoms with Crippen molar-refractivity contribution in [1.29, 1.82) is 0 Å². The van der Waals surface area contributed by atoms with Gasteiger partial charge in [-0.15, -0.1) is 0 Å². The van der Waals surface area contributed by atoms with Crippen molar-refractivity contribution in [3.63, 3.8) is 0 Å². The lowest BCUT2D eigenvalue weighted by atomic mass is 9.92. The van der Waals surface area contributed by atoms with Crippen molar-refractivity contribution in [3.8, 4) is 0 Å². The van der Waals surface area contributed by atoms with Crippen molar-refractivity contribution < 1.29 is 4.79 Å². The molecule has 2 aliphatic rings. The number of likely N-dealkylation sites (tertiary alicyclic amines) is 1. The highest BCUT2D eigenvalue weighted by Gasteiger charge is 2.33. The van der Waals surface area contributed by atoms with Gasteiger partial charge in [0.25, 0.3) is 0 Å². The number of hydrogen-bond acceptors (Lipinski definition) is 3. The minimum Gasteiger partial charge on any atom is -0.329 e. The zero-order valence-corrected chi connectivity index (χ0v) is 13.7. The second-order valence-corrected chi connectivity index (χ2v) is 6.94. The average molecular weight is 301 g/mol. The second kappa shape index (κ2) is 6.39. The monoisotopic (exact) mass is 301 g/mol. The van der Waals surface area contributed by atoms with Gasteiger partial charge in [-0.1, -0.05) is 25.1 Å². The first-order chi connectivity index (χ1) is 10.6. The number of benzene rings is 1. The Kier molecular flexibility index (Phi) is 4.50. The molecular formula is C18H27N3O. The summed E-state index contributed by atoms with van der Waals surface area (Å²) in [6.07, 6.45) is 3.23. The zero-order valence-electron chi connectivity index (χ0n) is 13.7. The molecule has 1 amide bonds. The largest absolute Gasteiger partial charge is 0.329 e. The quantitative estimate of drug-likeness (QED) is 0.929. The summed E-state index contributed by atoms with van der Waals surface area (Å²) in [5.41, 5.74) is 8.30. The molecule has 2 N–H and O–H groups in total. The summed E-state index contributed by atoms with van der Waals surface area (Å²) in [7, 11) is 0. The summed E-state index contributed by atoms with van der Waals surface area (Å²) in [4.78, 5) is 17.1. The van der Waals surface area contributed by atoms with Crippen LogP contribution in [0.25, 0.3) is 0 Å². The lowest BCUT2D eigenvalue weighted by molar-refractivity contribution is -0.121. The summed E-state index contributed by atoms with van der Waals surface area (Å²) in [6.45, 7) is 6.53. The van der Waals surface area contributed by atoms with Gasteiger partial charge < -0.3 is 10.6 Å². The van der Waals surface area contributed by atoms with E-state index in [0.29, 0.717) is 25.0 Å². The summed E-state index contributed by atoms with van der Waals surface area (Å²) in [5, 5.41) is 0. The Labute approximate surface area is 133 Å². The Balaban J connectivity index is 1.72. The fourth-order valence-electron chi connectivity index (χ4n) is 3.95. The van der Waals surface area contributed by atoms with Crippen LogP contribution in [0.2, 0.25) is 0 Å². The molecule has 22 heavy (non-hydrogen) atoms. The van der Waals surface area contributed by atoms with Crippen LogP contribution >= 0.6 is 0 Å². The first-order valence-corrected chi connectivity index (χ1v) is 8.44. The number of nitrogens with zero attached hydrogens (tertiary/aromatic N) is 2. The van der Waals surface area contributed by atoms with Crippen LogP contribution in [-0.4, -0.2) is 42.5 Å². The first-order valence-electron chi connectivity index (χ1n) is 8.44. The SMILES string of the molecule is CC1CCN(CC(=O)N2c3ccccc3CC2C)C(CN)C1. The maximum Gasteiger partial charge on any atom is 0.241 e. The summed E-state index contributed by atoms with van der Waals surface area (Å²) in [5.74, 6) is 0.928. The number of hydrogen-bond donors (Lipinski definition) is 1. The number of carbonyl (C=O) groups is 1. The molecule has 0 bridgehead atoms. The van der Waals surface area contributed by atoms with Gasteiger partial charge in [0.15, 0.2) is 0 Å². The van der Waals surface area contributed by atoms with E-state index in [1.807, 2.05) is 11.0 Å². The van der Waals surface area contributed by atoms with Gasteiger partial charge in [-0.25, -0.2) is 0 Å². The van der Waals surface area contributed by atoms with Crippen molar-refractivity contribution >= 4 is 11.6 Å². The topological polar surface area (TPSA) is 49.6 Å². The van der Waals surface area contributed by atoms with Crippen molar-refractivity contribution in [2.75, 3.05) is 24.5 Å². The molecule has 120 valence electrons. The van der Waals surface area contributed by atoms with Crippen LogP contribution in [0.5, 0.6) is 0 Å². The van der Waals surface area contributed by atoms with Crippen LogP contribution in [0.1, 0.15) is 32.3 Å². The third-order valence-electron chi connectivity index (χ3n) is 5.19. The van der Waals surface area contributed by atoms with E-state index in [1.54, 1.807) is 0 Å². The van der Waals surface area contributed by atoms with E-state index < -0.39 is 0 Å². The Hall–Kier alpha value is -1.39. The Morgan fingerprint density at radius 2 is 2.09 bits per heavy atom. The Morgan fingerprint density at radius 1 is 1.32 bits per heavy atom. The summed E-state index contributed by atoms with van der Waals surface area (Å²) >= 11 is 0. The smallest absolute Gasteiger partial charge is 0.241 e. The predicted molar refractivity (Wildman–Crippen MR) is 89.9 cm³/mol. The van der Waals surface area contributed by atoms with Gasteiger partial charge in [0.1, 0.15) is 0 Å². The average Bonchev–Trinajstić information content (AvgIpc) is 2.84. The molecule has 0 aromatic heterocycles. The number of fused-ring (bicyclic) bond motifs is 1. The van der Waals surface area contributed by atoms with Crippen molar-refractivity contribution in [2.45, 2.75) is 45.2 Å². The maximum absolute atomic E-state index is 12.9. The maximum atomic E-state index is 12.9. The van der Waals surface area contributed by atoms with Crippen molar-refractivity contribution in [1.82, 2.24) is 4.90 Å². The molecule has 0 spiro atoms. The first kappa shape index (κ1) is 15.5. The molecule has 1 fully saturated rings. The van der Waals surface area contributed by atoms with E-state index in [2.05, 4.69) is 36.9 Å². The molecule has 4 heteroatoms. The van der Waals surface area contributed by atoms with E-state index in [4.69, 9.17) is 5.73 Å². The Morgan fingerprint density at radius 3 is 2.86 bits per heavy atom. The number of carbonyl (C=O) groups excluding carboxylic acids is 1. The van der Waals surface area contributed by atoms with E-state index >= 15 is 0 Å². The predicted octanol–water partition coefficient (Wildman–Crippen LogP) is 2.02. The highest BCUT2D eigenvalue weighted by Crippen LogP contribution is 2.32. The summed E-state index contributed by atoms with van der Waals surface area (Å²) < 4.78 is 0. The molecule has 3 unspecified atom stereocenters. The van der Waals surface area contributed by atoms with Gasteiger partial charge in [0.05, 0.1) is 6.54 Å². The van der Waals surface area contributed by atoms with Gasteiger partial charge in [-0.05, 0) is 50.3 Å². The van der Waals surface area contributed by atoms with Gasteiger partial charge in [-0.2, -0.15) is 0 Å². The molecule has 2 heterocycles. The second-order valence-electron chi connectivity index (χ2n) is 6.94. The van der Waals surface area contributed by atoms with Crippen molar-refractivity contribution in [2.24, 2.45) is 11.7 Å². The van der Waals surface area contributed by atoms with E-state index in [-0.39, 0.29) is 11.9 Å². The molecule has 1 aromatic carbocycles. The molecule has 3 atom stereocenters. The highest BCUT2D eigenvalue weighted by molar-refractivity contribution is 5.97. The van der Waals surface area contributed by atoms with E-state index in [9.17, 15) is 4.79 Å². The van der Waals surface area contributed by atoms with Gasteiger partial charge in [0, 0.05) is 24.3 Å². The van der Waals surface area contributed by atoms with Gasteiger partial charge in [0.2, 0.25) is 5.91 Å². The fraction of sp³-hybridized carbons (Fsp3) is 0.611. The minimum absolute atomic E-state index is 0.213. The molecule has 0 aliphatic carbocycles. The number of para-hydroxylation sites is 1. The molecule has 1 aromatic rings. The molecule has 0 saturated carbocycles. The van der Waals surface area contributed by atoms with Gasteiger partial charge in [-0.3, -0.25) is 9.69 Å². The molecule has 4 nitrogen and oxygen atoms in total. The number of rotatable bonds is 3. The van der Waals surface area contributed by atoms with Gasteiger partial charge >= 0.3 is 0 Å². The minimum atomic E-state index is 0.213. The number of anilines is 1. The summed E-state index contributed by atoms with van der Waals surface area (Å²) in [6, 6.07) is 8.86. The normalized spacial score (nSPS) is 28.7.